The minimum Gasteiger partial charge on any atom is -0.465 e. The molecule has 0 N–H and O–H groups in total. The van der Waals surface area contributed by atoms with Gasteiger partial charge in [0.2, 0.25) is 0 Å². The van der Waals surface area contributed by atoms with Gasteiger partial charge < -0.3 is 23.3 Å². The number of esters is 2. The molecule has 0 saturated carbocycles. The Balaban J connectivity index is 1.78. The zero-order valence-corrected chi connectivity index (χ0v) is 16.5. The summed E-state index contributed by atoms with van der Waals surface area (Å²) in [6, 6.07) is 0. The van der Waals surface area contributed by atoms with E-state index in [9.17, 15) is 9.59 Å². The van der Waals surface area contributed by atoms with Gasteiger partial charge in [-0.25, -0.2) is 9.97 Å². The van der Waals surface area contributed by atoms with Crippen molar-refractivity contribution < 1.29 is 23.8 Å². The van der Waals surface area contributed by atoms with Gasteiger partial charge in [0.25, 0.3) is 0 Å². The highest BCUT2D eigenvalue weighted by atomic mass is 16.6. The molecule has 9 heteroatoms. The van der Waals surface area contributed by atoms with E-state index in [-0.39, 0.29) is 38.0 Å². The quantitative estimate of drug-likeness (QED) is 0.479. The van der Waals surface area contributed by atoms with Gasteiger partial charge in [-0.2, -0.15) is 0 Å². The fourth-order valence-corrected chi connectivity index (χ4v) is 2.63. The Morgan fingerprint density at radius 2 is 1.39 bits per heavy atom. The van der Waals surface area contributed by atoms with Gasteiger partial charge in [-0.05, 0) is 6.42 Å². The first-order chi connectivity index (χ1) is 13.6. The second-order valence-electron chi connectivity index (χ2n) is 6.71. The van der Waals surface area contributed by atoms with Crippen LogP contribution in [0.2, 0.25) is 0 Å². The van der Waals surface area contributed by atoms with E-state index >= 15 is 0 Å². The SMILES string of the molecule is CCC(COC)(COC(=O)CCn1ccnc1)COC(=O)CCn1ccnc1. The molecule has 0 radical (unpaired) electrons. The van der Waals surface area contributed by atoms with E-state index in [0.29, 0.717) is 26.1 Å². The van der Waals surface area contributed by atoms with Crippen LogP contribution >= 0.6 is 0 Å². The first-order valence-electron chi connectivity index (χ1n) is 9.28. The molecule has 0 aliphatic carbocycles. The second-order valence-corrected chi connectivity index (χ2v) is 6.71. The van der Waals surface area contributed by atoms with E-state index in [0.717, 1.165) is 0 Å². The number of imidazole rings is 2. The average Bonchev–Trinajstić information content (AvgIpc) is 3.41. The fourth-order valence-electron chi connectivity index (χ4n) is 2.63. The molecular weight excluding hydrogens is 364 g/mol. The number of rotatable bonds is 13. The summed E-state index contributed by atoms with van der Waals surface area (Å²) in [5.74, 6) is -0.622. The number of aryl methyl sites for hydroxylation is 2. The Morgan fingerprint density at radius 1 is 0.893 bits per heavy atom. The normalized spacial score (nSPS) is 11.4. The van der Waals surface area contributed by atoms with Gasteiger partial charge in [-0.15, -0.1) is 0 Å². The number of hydrogen-bond donors (Lipinski definition) is 0. The van der Waals surface area contributed by atoms with Crippen LogP contribution in [0.25, 0.3) is 0 Å². The number of hydrogen-bond acceptors (Lipinski definition) is 7. The van der Waals surface area contributed by atoms with Crippen molar-refractivity contribution in [1.29, 1.82) is 0 Å². The average molecular weight is 392 g/mol. The molecule has 9 nitrogen and oxygen atoms in total. The van der Waals surface area contributed by atoms with E-state index in [1.807, 2.05) is 16.1 Å². The van der Waals surface area contributed by atoms with Crippen molar-refractivity contribution in [3.63, 3.8) is 0 Å². The minimum atomic E-state index is -0.565. The third-order valence-corrected chi connectivity index (χ3v) is 4.55. The zero-order chi connectivity index (χ0) is 20.2. The van der Waals surface area contributed by atoms with Crippen molar-refractivity contribution >= 4 is 11.9 Å². The van der Waals surface area contributed by atoms with E-state index < -0.39 is 5.41 Å². The summed E-state index contributed by atoms with van der Waals surface area (Å²) in [4.78, 5) is 32.0. The van der Waals surface area contributed by atoms with Gasteiger partial charge in [-0.3, -0.25) is 9.59 Å². The Bertz CT molecular complexity index is 646. The molecule has 2 aromatic heterocycles. The molecule has 154 valence electrons. The van der Waals surface area contributed by atoms with E-state index in [2.05, 4.69) is 9.97 Å². The minimum absolute atomic E-state index is 0.134. The molecule has 0 bridgehead atoms. The standard InChI is InChI=1S/C19H28N4O5/c1-3-19(12-26-2,13-27-17(24)4-8-22-10-6-20-15-22)14-28-18(25)5-9-23-11-7-21-16-23/h6-7,10-11,15-16H,3-5,8-9,12-14H2,1-2H3. The molecule has 2 heterocycles. The van der Waals surface area contributed by atoms with Gasteiger partial charge >= 0.3 is 11.9 Å². The van der Waals surface area contributed by atoms with Crippen molar-refractivity contribution in [2.45, 2.75) is 39.3 Å². The lowest BCUT2D eigenvalue weighted by molar-refractivity contribution is -0.157. The highest BCUT2D eigenvalue weighted by Crippen LogP contribution is 2.24. The van der Waals surface area contributed by atoms with Crippen LogP contribution in [0, 0.1) is 5.41 Å². The molecule has 0 unspecified atom stereocenters. The van der Waals surface area contributed by atoms with Crippen LogP contribution in [-0.2, 0) is 36.9 Å². The lowest BCUT2D eigenvalue weighted by Crippen LogP contribution is -2.38. The van der Waals surface area contributed by atoms with Crippen LogP contribution in [0.1, 0.15) is 26.2 Å². The molecule has 0 fully saturated rings. The van der Waals surface area contributed by atoms with Crippen LogP contribution in [0.15, 0.2) is 37.4 Å². The summed E-state index contributed by atoms with van der Waals surface area (Å²) in [6.07, 6.45) is 11.3. The summed E-state index contributed by atoms with van der Waals surface area (Å²) in [5.41, 5.74) is -0.565. The lowest BCUT2D eigenvalue weighted by Gasteiger charge is -2.30. The van der Waals surface area contributed by atoms with Gasteiger partial charge in [0, 0.05) is 45.0 Å². The molecule has 2 rings (SSSR count). The number of carbonyl (C=O) groups excluding carboxylic acids is 2. The number of carbonyl (C=O) groups is 2. The largest absolute Gasteiger partial charge is 0.465 e. The van der Waals surface area contributed by atoms with Crippen LogP contribution in [0.3, 0.4) is 0 Å². The van der Waals surface area contributed by atoms with E-state index in [1.165, 1.54) is 0 Å². The second kappa shape index (κ2) is 11.2. The van der Waals surface area contributed by atoms with Crippen molar-refractivity contribution in [2.24, 2.45) is 5.41 Å². The van der Waals surface area contributed by atoms with Crippen molar-refractivity contribution in [2.75, 3.05) is 26.9 Å². The Kier molecular flexibility index (Phi) is 8.67. The first kappa shape index (κ1) is 21.6. The molecule has 28 heavy (non-hydrogen) atoms. The number of aromatic nitrogens is 4. The summed E-state index contributed by atoms with van der Waals surface area (Å²) in [5, 5.41) is 0. The Hall–Kier alpha value is -2.68. The Labute approximate surface area is 164 Å². The molecular formula is C19H28N4O5. The monoisotopic (exact) mass is 392 g/mol. The number of methoxy groups -OCH3 is 1. The van der Waals surface area contributed by atoms with E-state index in [4.69, 9.17) is 14.2 Å². The fraction of sp³-hybridized carbons (Fsp3) is 0.579. The van der Waals surface area contributed by atoms with Crippen LogP contribution in [-0.4, -0.2) is 58.0 Å². The molecule has 0 amide bonds. The summed E-state index contributed by atoms with van der Waals surface area (Å²) >= 11 is 0. The lowest BCUT2D eigenvalue weighted by atomic mass is 9.88. The van der Waals surface area contributed by atoms with Crippen molar-refractivity contribution in [3.8, 4) is 0 Å². The molecule has 0 aromatic carbocycles. The molecule has 0 spiro atoms. The highest BCUT2D eigenvalue weighted by Gasteiger charge is 2.32. The first-order valence-corrected chi connectivity index (χ1v) is 9.28. The Morgan fingerprint density at radius 3 is 1.75 bits per heavy atom. The summed E-state index contributed by atoms with van der Waals surface area (Å²) in [6.45, 7) is 3.56. The van der Waals surface area contributed by atoms with Gasteiger partial charge in [0.05, 0.1) is 37.5 Å². The maximum absolute atomic E-state index is 12.1. The van der Waals surface area contributed by atoms with Gasteiger partial charge in [0.1, 0.15) is 13.2 Å². The van der Waals surface area contributed by atoms with Gasteiger partial charge in [-0.1, -0.05) is 6.92 Å². The van der Waals surface area contributed by atoms with Gasteiger partial charge in [0.15, 0.2) is 0 Å². The summed E-state index contributed by atoms with van der Waals surface area (Å²) < 4.78 is 19.8. The van der Waals surface area contributed by atoms with Crippen molar-refractivity contribution in [1.82, 2.24) is 19.1 Å². The zero-order valence-electron chi connectivity index (χ0n) is 16.5. The predicted molar refractivity (Wildman–Crippen MR) is 100 cm³/mol. The molecule has 0 atom stereocenters. The molecule has 0 aliphatic heterocycles. The van der Waals surface area contributed by atoms with Crippen LogP contribution in [0.4, 0.5) is 0 Å². The smallest absolute Gasteiger partial charge is 0.307 e. The topological polar surface area (TPSA) is 97.5 Å². The summed E-state index contributed by atoms with van der Waals surface area (Å²) in [7, 11) is 1.58. The maximum Gasteiger partial charge on any atom is 0.307 e. The molecule has 2 aromatic rings. The molecule has 0 saturated heterocycles. The van der Waals surface area contributed by atoms with Crippen molar-refractivity contribution in [3.05, 3.63) is 37.4 Å². The third-order valence-electron chi connectivity index (χ3n) is 4.55. The number of nitrogens with zero attached hydrogens (tertiary/aromatic N) is 4. The van der Waals surface area contributed by atoms with E-state index in [1.54, 1.807) is 44.6 Å². The van der Waals surface area contributed by atoms with Crippen LogP contribution in [0.5, 0.6) is 0 Å². The van der Waals surface area contributed by atoms with Crippen LogP contribution < -0.4 is 0 Å². The third kappa shape index (κ3) is 7.15. The predicted octanol–water partition coefficient (Wildman–Crippen LogP) is 1.69. The highest BCUT2D eigenvalue weighted by molar-refractivity contribution is 5.69. The number of ether oxygens (including phenoxy) is 3. The maximum atomic E-state index is 12.1. The molecule has 0 aliphatic rings.